The molecule has 0 aliphatic carbocycles. The molecule has 2 rings (SSSR count). The van der Waals surface area contributed by atoms with Gasteiger partial charge in [-0.15, -0.1) is 0 Å². The van der Waals surface area contributed by atoms with Crippen LogP contribution in [0.25, 0.3) is 0 Å². The second-order valence-electron chi connectivity index (χ2n) is 4.60. The van der Waals surface area contributed by atoms with E-state index in [4.69, 9.17) is 16.3 Å². The van der Waals surface area contributed by atoms with Crippen LogP contribution in [0.4, 0.5) is 4.39 Å². The fourth-order valence-corrected chi connectivity index (χ4v) is 2.00. The van der Waals surface area contributed by atoms with Crippen LogP contribution in [0.15, 0.2) is 48.5 Å². The van der Waals surface area contributed by atoms with E-state index in [1.165, 1.54) is 17.0 Å². The summed E-state index contributed by atoms with van der Waals surface area (Å²) in [6, 6.07) is 13.1. The normalized spacial score (nSPS) is 10.2. The highest BCUT2D eigenvalue weighted by molar-refractivity contribution is 6.32. The van der Waals surface area contributed by atoms with E-state index < -0.39 is 0 Å². The first-order valence-corrected chi connectivity index (χ1v) is 6.80. The predicted octanol–water partition coefficient (Wildman–Crippen LogP) is 3.52. The largest absolute Gasteiger partial charge is 0.482 e. The van der Waals surface area contributed by atoms with Crippen LogP contribution in [-0.4, -0.2) is 24.5 Å². The molecule has 0 N–H and O–H groups in total. The second-order valence-corrected chi connectivity index (χ2v) is 5.01. The summed E-state index contributed by atoms with van der Waals surface area (Å²) in [5.74, 6) is -0.0634. The lowest BCUT2D eigenvalue weighted by atomic mass is 10.2. The fraction of sp³-hybridized carbons (Fsp3) is 0.188. The molecule has 0 bridgehead atoms. The number of carbonyl (C=O) groups is 1. The third-order valence-electron chi connectivity index (χ3n) is 2.92. The maximum Gasteiger partial charge on any atom is 0.260 e. The van der Waals surface area contributed by atoms with Gasteiger partial charge in [0.1, 0.15) is 11.6 Å². The third kappa shape index (κ3) is 4.46. The molecule has 0 saturated heterocycles. The number of rotatable bonds is 5. The molecule has 5 heteroatoms. The Bertz CT molecular complexity index is 633. The lowest BCUT2D eigenvalue weighted by Crippen LogP contribution is -2.31. The number of amides is 1. The molecular formula is C16H15ClFNO2. The molecule has 0 unspecified atom stereocenters. The van der Waals surface area contributed by atoms with Crippen molar-refractivity contribution in [3.8, 4) is 5.75 Å². The number of benzene rings is 2. The number of hydrogen-bond donors (Lipinski definition) is 0. The second kappa shape index (κ2) is 7.09. The van der Waals surface area contributed by atoms with Crippen molar-refractivity contribution < 1.29 is 13.9 Å². The van der Waals surface area contributed by atoms with Crippen LogP contribution < -0.4 is 4.74 Å². The summed E-state index contributed by atoms with van der Waals surface area (Å²) < 4.78 is 18.5. The van der Waals surface area contributed by atoms with E-state index >= 15 is 0 Å². The van der Waals surface area contributed by atoms with Gasteiger partial charge < -0.3 is 9.64 Å². The summed E-state index contributed by atoms with van der Waals surface area (Å²) in [4.78, 5) is 13.5. The molecule has 21 heavy (non-hydrogen) atoms. The van der Waals surface area contributed by atoms with Crippen LogP contribution in [0.3, 0.4) is 0 Å². The van der Waals surface area contributed by atoms with Crippen LogP contribution >= 0.6 is 11.6 Å². The monoisotopic (exact) mass is 307 g/mol. The summed E-state index contributed by atoms with van der Waals surface area (Å²) >= 11 is 5.94. The molecule has 0 aliphatic rings. The molecule has 0 heterocycles. The molecule has 0 aromatic heterocycles. The molecular weight excluding hydrogens is 293 g/mol. The molecule has 2 aromatic carbocycles. The van der Waals surface area contributed by atoms with Crippen LogP contribution in [0.2, 0.25) is 5.02 Å². The zero-order valence-electron chi connectivity index (χ0n) is 11.6. The van der Waals surface area contributed by atoms with E-state index in [1.807, 2.05) is 0 Å². The van der Waals surface area contributed by atoms with Gasteiger partial charge in [0, 0.05) is 13.6 Å². The van der Waals surface area contributed by atoms with Crippen molar-refractivity contribution in [1.82, 2.24) is 4.90 Å². The van der Waals surface area contributed by atoms with Crippen LogP contribution in [-0.2, 0) is 11.3 Å². The van der Waals surface area contributed by atoms with E-state index in [9.17, 15) is 9.18 Å². The van der Waals surface area contributed by atoms with E-state index in [2.05, 4.69) is 0 Å². The quantitative estimate of drug-likeness (QED) is 0.846. The molecule has 110 valence electrons. The summed E-state index contributed by atoms with van der Waals surface area (Å²) in [6.07, 6.45) is 0. The van der Waals surface area contributed by atoms with Crippen molar-refractivity contribution in [2.24, 2.45) is 0 Å². The molecule has 3 nitrogen and oxygen atoms in total. The molecule has 0 fully saturated rings. The van der Waals surface area contributed by atoms with Crippen LogP contribution in [0, 0.1) is 5.82 Å². The van der Waals surface area contributed by atoms with Gasteiger partial charge >= 0.3 is 0 Å². The summed E-state index contributed by atoms with van der Waals surface area (Å²) in [7, 11) is 1.64. The first-order valence-electron chi connectivity index (χ1n) is 6.42. The van der Waals surface area contributed by atoms with Crippen molar-refractivity contribution in [3.05, 3.63) is 64.9 Å². The Morgan fingerprint density at radius 3 is 2.71 bits per heavy atom. The average molecular weight is 308 g/mol. The first kappa shape index (κ1) is 15.3. The molecule has 2 aromatic rings. The van der Waals surface area contributed by atoms with Crippen molar-refractivity contribution in [1.29, 1.82) is 0 Å². The molecule has 1 amide bonds. The van der Waals surface area contributed by atoms with Gasteiger partial charge in [-0.25, -0.2) is 4.39 Å². The Hall–Kier alpha value is -2.07. The summed E-state index contributed by atoms with van der Waals surface area (Å²) in [5.41, 5.74) is 0.726. The zero-order chi connectivity index (χ0) is 15.2. The fourth-order valence-electron chi connectivity index (χ4n) is 1.81. The average Bonchev–Trinajstić information content (AvgIpc) is 2.46. The van der Waals surface area contributed by atoms with Crippen molar-refractivity contribution in [3.63, 3.8) is 0 Å². The molecule has 0 spiro atoms. The Morgan fingerprint density at radius 2 is 2.00 bits per heavy atom. The Labute approximate surface area is 127 Å². The van der Waals surface area contributed by atoms with E-state index in [0.717, 1.165) is 5.56 Å². The maximum absolute atomic E-state index is 13.1. The maximum atomic E-state index is 13.1. The lowest BCUT2D eigenvalue weighted by Gasteiger charge is -2.18. The first-order chi connectivity index (χ1) is 10.1. The molecule has 0 saturated carbocycles. The van der Waals surface area contributed by atoms with Crippen LogP contribution in [0.1, 0.15) is 5.56 Å². The van der Waals surface area contributed by atoms with Gasteiger partial charge in [-0.3, -0.25) is 4.79 Å². The minimum atomic E-state index is -0.319. The minimum Gasteiger partial charge on any atom is -0.482 e. The van der Waals surface area contributed by atoms with Crippen LogP contribution in [0.5, 0.6) is 5.75 Å². The van der Waals surface area contributed by atoms with Gasteiger partial charge in [0.15, 0.2) is 6.61 Å². The van der Waals surface area contributed by atoms with Gasteiger partial charge in [-0.2, -0.15) is 0 Å². The highest BCUT2D eigenvalue weighted by atomic mass is 35.5. The van der Waals surface area contributed by atoms with Gasteiger partial charge in [0.05, 0.1) is 5.02 Å². The minimum absolute atomic E-state index is 0.116. The Morgan fingerprint density at radius 1 is 1.24 bits per heavy atom. The van der Waals surface area contributed by atoms with Gasteiger partial charge in [0.2, 0.25) is 0 Å². The number of hydrogen-bond acceptors (Lipinski definition) is 2. The van der Waals surface area contributed by atoms with E-state index in [0.29, 0.717) is 17.3 Å². The number of carbonyl (C=O) groups excluding carboxylic acids is 1. The number of ether oxygens (including phenoxy) is 1. The number of nitrogens with zero attached hydrogens (tertiary/aromatic N) is 1. The van der Waals surface area contributed by atoms with Gasteiger partial charge in [0.25, 0.3) is 5.91 Å². The van der Waals surface area contributed by atoms with Gasteiger partial charge in [-0.05, 0) is 29.8 Å². The van der Waals surface area contributed by atoms with Crippen molar-refractivity contribution in [2.45, 2.75) is 6.54 Å². The van der Waals surface area contributed by atoms with Crippen molar-refractivity contribution >= 4 is 17.5 Å². The lowest BCUT2D eigenvalue weighted by molar-refractivity contribution is -0.132. The zero-order valence-corrected chi connectivity index (χ0v) is 12.3. The van der Waals surface area contributed by atoms with E-state index in [1.54, 1.807) is 43.4 Å². The molecule has 0 radical (unpaired) electrons. The van der Waals surface area contributed by atoms with Gasteiger partial charge in [-0.1, -0.05) is 35.9 Å². The smallest absolute Gasteiger partial charge is 0.260 e. The Kier molecular flexibility index (Phi) is 5.17. The highest BCUT2D eigenvalue weighted by Gasteiger charge is 2.11. The predicted molar refractivity (Wildman–Crippen MR) is 79.8 cm³/mol. The number of para-hydroxylation sites is 1. The summed E-state index contributed by atoms with van der Waals surface area (Å²) in [5, 5.41) is 0.457. The number of halogens is 2. The topological polar surface area (TPSA) is 29.5 Å². The number of likely N-dealkylation sites (N-methyl/N-ethyl adjacent to an activating group) is 1. The SMILES string of the molecule is CN(Cc1cccc(F)c1)C(=O)COc1ccccc1Cl. The molecule has 0 atom stereocenters. The highest BCUT2D eigenvalue weighted by Crippen LogP contribution is 2.23. The third-order valence-corrected chi connectivity index (χ3v) is 3.23. The molecule has 0 aliphatic heterocycles. The van der Waals surface area contributed by atoms with Crippen molar-refractivity contribution in [2.75, 3.05) is 13.7 Å². The standard InChI is InChI=1S/C16H15ClFNO2/c1-19(10-12-5-4-6-13(18)9-12)16(20)11-21-15-8-3-2-7-14(15)17/h2-9H,10-11H2,1H3. The summed E-state index contributed by atoms with van der Waals surface area (Å²) in [6.45, 7) is 0.206. The Balaban J connectivity index is 1.90. The van der Waals surface area contributed by atoms with E-state index in [-0.39, 0.29) is 18.3 Å².